The van der Waals surface area contributed by atoms with Crippen LogP contribution >= 0.6 is 0 Å². The Morgan fingerprint density at radius 3 is 2.89 bits per heavy atom. The first kappa shape index (κ1) is 17.0. The summed E-state index contributed by atoms with van der Waals surface area (Å²) in [6.45, 7) is 4.01. The van der Waals surface area contributed by atoms with Gasteiger partial charge in [0.2, 0.25) is 0 Å². The number of hydrogen-bond acceptors (Lipinski definition) is 4. The third-order valence-corrected chi connectivity index (χ3v) is 4.20. The van der Waals surface area contributed by atoms with Gasteiger partial charge in [-0.25, -0.2) is 9.98 Å². The van der Waals surface area contributed by atoms with Gasteiger partial charge in [-0.3, -0.25) is 4.40 Å². The van der Waals surface area contributed by atoms with E-state index in [0.717, 1.165) is 53.8 Å². The fourth-order valence-corrected chi connectivity index (χ4v) is 2.91. The van der Waals surface area contributed by atoms with Crippen LogP contribution in [0, 0.1) is 0 Å². The number of rotatable bonds is 6. The molecule has 4 aromatic rings. The number of aromatic nitrogens is 5. The van der Waals surface area contributed by atoms with Gasteiger partial charge < -0.3 is 15.6 Å². The quantitative estimate of drug-likeness (QED) is 0.360. The van der Waals surface area contributed by atoms with Gasteiger partial charge in [-0.2, -0.15) is 0 Å². The molecule has 0 aliphatic carbocycles. The highest BCUT2D eigenvalue weighted by atomic mass is 15.3. The molecular weight excluding hydrogens is 340 g/mol. The first-order valence-electron chi connectivity index (χ1n) is 9.08. The Morgan fingerprint density at radius 2 is 2.00 bits per heavy atom. The van der Waals surface area contributed by atoms with E-state index in [9.17, 15) is 0 Å². The zero-order valence-corrected chi connectivity index (χ0v) is 15.2. The Morgan fingerprint density at radius 1 is 1.11 bits per heavy atom. The SMILES string of the molecule is CCNC(=NCc1nnc2ccccn12)NCCc1nc2ccccc2[nH]1. The lowest BCUT2D eigenvalue weighted by atomic mass is 10.3. The Hall–Kier alpha value is -3.42. The lowest BCUT2D eigenvalue weighted by molar-refractivity contribution is 0.772. The maximum atomic E-state index is 4.62. The van der Waals surface area contributed by atoms with Gasteiger partial charge >= 0.3 is 0 Å². The van der Waals surface area contributed by atoms with Crippen molar-refractivity contribution in [2.75, 3.05) is 13.1 Å². The van der Waals surface area contributed by atoms with E-state index in [1.54, 1.807) is 0 Å². The minimum absolute atomic E-state index is 0.450. The van der Waals surface area contributed by atoms with E-state index in [1.165, 1.54) is 0 Å². The van der Waals surface area contributed by atoms with Gasteiger partial charge in [-0.1, -0.05) is 18.2 Å². The molecule has 1 aromatic carbocycles. The molecule has 8 nitrogen and oxygen atoms in total. The second-order valence-electron chi connectivity index (χ2n) is 6.12. The minimum atomic E-state index is 0.450. The van der Waals surface area contributed by atoms with Crippen molar-refractivity contribution >= 4 is 22.6 Å². The van der Waals surface area contributed by atoms with Crippen molar-refractivity contribution < 1.29 is 0 Å². The van der Waals surface area contributed by atoms with Crippen LogP contribution in [0.3, 0.4) is 0 Å². The molecule has 0 aliphatic rings. The van der Waals surface area contributed by atoms with Gasteiger partial charge in [0, 0.05) is 25.7 Å². The van der Waals surface area contributed by atoms with Gasteiger partial charge in [0.1, 0.15) is 12.4 Å². The molecule has 3 heterocycles. The molecule has 0 saturated heterocycles. The molecular formula is C19H22N8. The van der Waals surface area contributed by atoms with Crippen LogP contribution in [0.15, 0.2) is 53.7 Å². The van der Waals surface area contributed by atoms with Gasteiger partial charge in [0.15, 0.2) is 17.4 Å². The highest BCUT2D eigenvalue weighted by Crippen LogP contribution is 2.10. The fourth-order valence-electron chi connectivity index (χ4n) is 2.91. The molecule has 4 rings (SSSR count). The number of pyridine rings is 1. The van der Waals surface area contributed by atoms with Crippen molar-refractivity contribution in [3.05, 3.63) is 60.3 Å². The lowest BCUT2D eigenvalue weighted by Crippen LogP contribution is -2.38. The van der Waals surface area contributed by atoms with Crippen molar-refractivity contribution in [2.45, 2.75) is 19.9 Å². The number of hydrogen-bond donors (Lipinski definition) is 3. The minimum Gasteiger partial charge on any atom is -0.357 e. The van der Waals surface area contributed by atoms with Crippen molar-refractivity contribution in [3.8, 4) is 0 Å². The summed E-state index contributed by atoms with van der Waals surface area (Å²) in [6, 6.07) is 13.9. The maximum Gasteiger partial charge on any atom is 0.191 e. The van der Waals surface area contributed by atoms with Gasteiger partial charge in [-0.05, 0) is 31.2 Å². The van der Waals surface area contributed by atoms with Crippen LogP contribution in [-0.4, -0.2) is 43.6 Å². The van der Waals surface area contributed by atoms with Crippen molar-refractivity contribution in [2.24, 2.45) is 4.99 Å². The highest BCUT2D eigenvalue weighted by Gasteiger charge is 2.05. The number of imidazole rings is 1. The molecule has 8 heteroatoms. The van der Waals surface area contributed by atoms with E-state index in [4.69, 9.17) is 0 Å². The van der Waals surface area contributed by atoms with E-state index in [-0.39, 0.29) is 0 Å². The standard InChI is InChI=1S/C19H22N8/c1-2-20-19(22-13-18-26-25-17-9-5-6-12-27(17)18)21-11-10-16-23-14-7-3-4-8-15(14)24-16/h3-9,12H,2,10-11,13H2,1H3,(H,23,24)(H2,20,21,22). The second kappa shape index (κ2) is 7.86. The molecule has 0 aliphatic heterocycles. The molecule has 0 bridgehead atoms. The zero-order chi connectivity index (χ0) is 18.5. The summed E-state index contributed by atoms with van der Waals surface area (Å²) in [7, 11) is 0. The molecule has 27 heavy (non-hydrogen) atoms. The van der Waals surface area contributed by atoms with Gasteiger partial charge in [0.25, 0.3) is 0 Å². The van der Waals surface area contributed by atoms with Crippen LogP contribution in [0.4, 0.5) is 0 Å². The number of H-pyrrole nitrogens is 1. The highest BCUT2D eigenvalue weighted by molar-refractivity contribution is 5.79. The Balaban J connectivity index is 1.39. The number of benzene rings is 1. The molecule has 0 spiro atoms. The normalized spacial score (nSPS) is 12.0. The number of para-hydroxylation sites is 2. The van der Waals surface area contributed by atoms with Crippen molar-refractivity contribution in [3.63, 3.8) is 0 Å². The summed E-state index contributed by atoms with van der Waals surface area (Å²) in [5, 5.41) is 15.0. The van der Waals surface area contributed by atoms with Gasteiger partial charge in [0.05, 0.1) is 11.0 Å². The largest absolute Gasteiger partial charge is 0.357 e. The average molecular weight is 362 g/mol. The Bertz CT molecular complexity index is 1030. The molecule has 0 fully saturated rings. The maximum absolute atomic E-state index is 4.62. The molecule has 138 valence electrons. The summed E-state index contributed by atoms with van der Waals surface area (Å²) in [5.74, 6) is 2.52. The molecule has 0 amide bonds. The fraction of sp³-hybridized carbons (Fsp3) is 0.263. The van der Waals surface area contributed by atoms with E-state index in [0.29, 0.717) is 6.54 Å². The van der Waals surface area contributed by atoms with E-state index >= 15 is 0 Å². The van der Waals surface area contributed by atoms with E-state index in [2.05, 4.69) is 35.8 Å². The molecule has 0 radical (unpaired) electrons. The molecule has 0 atom stereocenters. The summed E-state index contributed by atoms with van der Waals surface area (Å²) in [5.41, 5.74) is 2.88. The predicted molar refractivity (Wildman–Crippen MR) is 106 cm³/mol. The van der Waals surface area contributed by atoms with Crippen molar-refractivity contribution in [1.29, 1.82) is 0 Å². The number of aromatic amines is 1. The third kappa shape index (κ3) is 3.89. The number of guanidine groups is 1. The topological polar surface area (TPSA) is 95.3 Å². The molecule has 0 saturated carbocycles. The zero-order valence-electron chi connectivity index (χ0n) is 15.2. The van der Waals surface area contributed by atoms with Crippen LogP contribution in [0.25, 0.3) is 16.7 Å². The smallest absolute Gasteiger partial charge is 0.191 e. The molecule has 3 N–H and O–H groups in total. The molecule has 0 unspecified atom stereocenters. The van der Waals surface area contributed by atoms with Crippen LogP contribution in [0.2, 0.25) is 0 Å². The van der Waals surface area contributed by atoms with Crippen LogP contribution in [0.1, 0.15) is 18.6 Å². The second-order valence-corrected chi connectivity index (χ2v) is 6.12. The summed E-state index contributed by atoms with van der Waals surface area (Å²) < 4.78 is 1.95. The lowest BCUT2D eigenvalue weighted by Gasteiger charge is -2.10. The van der Waals surface area contributed by atoms with Crippen LogP contribution in [-0.2, 0) is 13.0 Å². The molecule has 3 aromatic heterocycles. The number of fused-ring (bicyclic) bond motifs is 2. The number of nitrogens with zero attached hydrogens (tertiary/aromatic N) is 5. The Kier molecular flexibility index (Phi) is 4.95. The average Bonchev–Trinajstić information content (AvgIpc) is 3.29. The summed E-state index contributed by atoms with van der Waals surface area (Å²) in [6.07, 6.45) is 2.73. The first-order chi connectivity index (χ1) is 13.3. The van der Waals surface area contributed by atoms with Crippen LogP contribution in [0.5, 0.6) is 0 Å². The number of nitrogens with one attached hydrogen (secondary N) is 3. The summed E-state index contributed by atoms with van der Waals surface area (Å²) >= 11 is 0. The third-order valence-electron chi connectivity index (χ3n) is 4.20. The Labute approximate surface area is 156 Å². The van der Waals surface area contributed by atoms with E-state index < -0.39 is 0 Å². The summed E-state index contributed by atoms with van der Waals surface area (Å²) in [4.78, 5) is 12.6. The first-order valence-corrected chi connectivity index (χ1v) is 9.08. The number of aliphatic imine (C=N–C) groups is 1. The monoisotopic (exact) mass is 362 g/mol. The van der Waals surface area contributed by atoms with E-state index in [1.807, 2.05) is 60.0 Å². The van der Waals surface area contributed by atoms with Crippen molar-refractivity contribution in [1.82, 2.24) is 35.2 Å². The van der Waals surface area contributed by atoms with Gasteiger partial charge in [-0.15, -0.1) is 10.2 Å². The predicted octanol–water partition coefficient (Wildman–Crippen LogP) is 1.90. The van der Waals surface area contributed by atoms with Crippen LogP contribution < -0.4 is 10.6 Å².